The van der Waals surface area contributed by atoms with E-state index < -0.39 is 0 Å². The highest BCUT2D eigenvalue weighted by Gasteiger charge is 2.19. The maximum atomic E-state index is 2.31. The molecule has 0 heterocycles. The molecule has 0 saturated heterocycles. The molecule has 1 heteroatoms. The minimum Gasteiger partial charge on any atom is -0.116 e. The summed E-state index contributed by atoms with van der Waals surface area (Å²) in [5.74, 6) is 3.09. The molecule has 19 heavy (non-hydrogen) atoms. The van der Waals surface area contributed by atoms with Crippen LogP contribution in [-0.4, -0.2) is 0 Å². The topological polar surface area (TPSA) is 0 Å². The van der Waals surface area contributed by atoms with Crippen LogP contribution in [0, 0.1) is 5.75 Å². The first-order chi connectivity index (χ1) is 9.43. The lowest BCUT2D eigenvalue weighted by atomic mass is 9.94. The Labute approximate surface area is 120 Å². The van der Waals surface area contributed by atoms with Gasteiger partial charge in [0.05, 0.1) is 5.75 Å². The molecule has 97 valence electrons. The van der Waals surface area contributed by atoms with E-state index in [0.29, 0.717) is 0 Å². The Morgan fingerprint density at radius 1 is 0.842 bits per heavy atom. The third-order valence-corrected chi connectivity index (χ3v) is 4.77. The molecule has 0 unspecified atom stereocenters. The average molecular weight is 267 g/mol. The fourth-order valence-corrected chi connectivity index (χ4v) is 3.65. The van der Waals surface area contributed by atoms with E-state index >= 15 is 0 Å². The lowest BCUT2D eigenvalue weighted by molar-refractivity contribution is 0.720. The molecule has 0 atom stereocenters. The molecule has 1 saturated carbocycles. The number of thioether (sulfide) groups is 1. The number of benzene rings is 2. The van der Waals surface area contributed by atoms with Gasteiger partial charge in [0, 0.05) is 4.90 Å². The maximum Gasteiger partial charge on any atom is 0.0510 e. The molecule has 0 bridgehead atoms. The number of rotatable bonds is 4. The Kier molecular flexibility index (Phi) is 4.24. The molecule has 2 aromatic carbocycles. The average Bonchev–Trinajstić information content (AvgIpc) is 3.01. The van der Waals surface area contributed by atoms with E-state index in [-0.39, 0.29) is 0 Å². The van der Waals surface area contributed by atoms with Crippen LogP contribution in [0.1, 0.15) is 42.7 Å². The Balaban J connectivity index is 1.73. The van der Waals surface area contributed by atoms with Gasteiger partial charge in [0.1, 0.15) is 0 Å². The zero-order valence-electron chi connectivity index (χ0n) is 11.1. The molecule has 0 nitrogen and oxygen atoms in total. The molecule has 0 aromatic heterocycles. The first kappa shape index (κ1) is 12.8. The molecule has 1 radical (unpaired) electrons. The Morgan fingerprint density at radius 3 is 2.32 bits per heavy atom. The van der Waals surface area contributed by atoms with Crippen molar-refractivity contribution in [3.05, 3.63) is 71.5 Å². The second-order valence-corrected chi connectivity index (χ2v) is 6.10. The van der Waals surface area contributed by atoms with Gasteiger partial charge in [0.25, 0.3) is 0 Å². The summed E-state index contributed by atoms with van der Waals surface area (Å²) in [6, 6.07) is 19.5. The minimum atomic E-state index is 0.781. The Hall–Kier alpha value is -1.21. The third-order valence-electron chi connectivity index (χ3n) is 3.86. The highest BCUT2D eigenvalue weighted by atomic mass is 32.2. The van der Waals surface area contributed by atoms with Gasteiger partial charge in [-0.25, -0.2) is 0 Å². The lowest BCUT2D eigenvalue weighted by Gasteiger charge is -2.14. The van der Waals surface area contributed by atoms with Crippen molar-refractivity contribution in [3.63, 3.8) is 0 Å². The Bertz CT molecular complexity index is 512. The van der Waals surface area contributed by atoms with Crippen LogP contribution in [0.4, 0.5) is 0 Å². The summed E-state index contributed by atoms with van der Waals surface area (Å²) in [6.07, 6.45) is 5.51. The normalized spacial score (nSPS) is 15.8. The van der Waals surface area contributed by atoms with Crippen LogP contribution in [0.2, 0.25) is 0 Å². The summed E-state index contributed by atoms with van der Waals surface area (Å²) in [4.78, 5) is 1.31. The maximum absolute atomic E-state index is 2.31. The van der Waals surface area contributed by atoms with E-state index in [1.165, 1.54) is 36.1 Å². The molecule has 1 aliphatic carbocycles. The second kappa shape index (κ2) is 6.29. The van der Waals surface area contributed by atoms with E-state index in [2.05, 4.69) is 60.4 Å². The third kappa shape index (κ3) is 3.22. The first-order valence-corrected chi connectivity index (χ1v) is 7.95. The zero-order valence-corrected chi connectivity index (χ0v) is 11.9. The fourth-order valence-electron chi connectivity index (χ4n) is 2.86. The predicted molar refractivity (Wildman–Crippen MR) is 83.4 cm³/mol. The molecule has 1 fully saturated rings. The van der Waals surface area contributed by atoms with Crippen molar-refractivity contribution < 1.29 is 0 Å². The largest absolute Gasteiger partial charge is 0.116 e. The van der Waals surface area contributed by atoms with E-state index in [0.717, 1.165) is 5.92 Å². The van der Waals surface area contributed by atoms with E-state index in [9.17, 15) is 0 Å². The van der Waals surface area contributed by atoms with Crippen LogP contribution in [0.5, 0.6) is 0 Å². The van der Waals surface area contributed by atoms with E-state index in [4.69, 9.17) is 0 Å². The van der Waals surface area contributed by atoms with Gasteiger partial charge in [-0.15, -0.1) is 11.8 Å². The second-order valence-electron chi connectivity index (χ2n) is 5.16. The van der Waals surface area contributed by atoms with Crippen molar-refractivity contribution in [2.75, 3.05) is 0 Å². The highest BCUT2D eigenvalue weighted by molar-refractivity contribution is 8.01. The smallest absolute Gasteiger partial charge is 0.0510 e. The monoisotopic (exact) mass is 267 g/mol. The van der Waals surface area contributed by atoms with Crippen molar-refractivity contribution in [2.24, 2.45) is 0 Å². The summed E-state index contributed by atoms with van der Waals surface area (Å²) in [7, 11) is 0. The predicted octanol–water partition coefficient (Wildman–Crippen LogP) is 5.65. The van der Waals surface area contributed by atoms with Crippen LogP contribution in [0.25, 0.3) is 0 Å². The molecule has 0 N–H and O–H groups in total. The van der Waals surface area contributed by atoms with Crippen LogP contribution in [-0.2, 0) is 0 Å². The summed E-state index contributed by atoms with van der Waals surface area (Å²) >= 11 is 1.82. The number of hydrogen-bond donors (Lipinski definition) is 0. The molecule has 0 spiro atoms. The molecule has 1 aliphatic rings. The zero-order chi connectivity index (χ0) is 12.9. The van der Waals surface area contributed by atoms with Gasteiger partial charge >= 0.3 is 0 Å². The molecule has 0 aliphatic heterocycles. The summed E-state index contributed by atoms with van der Waals surface area (Å²) in [6.45, 7) is 0. The van der Waals surface area contributed by atoms with Crippen molar-refractivity contribution >= 4 is 11.8 Å². The van der Waals surface area contributed by atoms with Gasteiger partial charge in [-0.2, -0.15) is 0 Å². The summed E-state index contributed by atoms with van der Waals surface area (Å²) in [5.41, 5.74) is 2.95. The van der Waals surface area contributed by atoms with E-state index in [1.807, 2.05) is 11.8 Å². The number of hydrogen-bond acceptors (Lipinski definition) is 1. The Morgan fingerprint density at radius 2 is 1.53 bits per heavy atom. The standard InChI is InChI=1S/C18H19S/c1-2-11-17(12-3-1)19-14-16-10-6-7-13-18(16)15-8-4-5-9-15/h1-3,6-7,10-15H,4-5,8-9H2. The van der Waals surface area contributed by atoms with Crippen LogP contribution >= 0.6 is 11.8 Å². The SMILES string of the molecule is [CH](Sc1ccccc1)c1ccccc1C1CCCC1. The van der Waals surface area contributed by atoms with Gasteiger partial charge in [-0.1, -0.05) is 55.3 Å². The quantitative estimate of drug-likeness (QED) is 0.645. The summed E-state index contributed by atoms with van der Waals surface area (Å²) < 4.78 is 0. The van der Waals surface area contributed by atoms with Crippen molar-refractivity contribution in [2.45, 2.75) is 36.5 Å². The first-order valence-electron chi connectivity index (χ1n) is 7.07. The molecule has 0 amide bonds. The van der Waals surface area contributed by atoms with Crippen molar-refractivity contribution in [1.82, 2.24) is 0 Å². The lowest BCUT2D eigenvalue weighted by Crippen LogP contribution is -1.96. The fraction of sp³-hybridized carbons (Fsp3) is 0.278. The van der Waals surface area contributed by atoms with E-state index in [1.54, 1.807) is 5.56 Å². The van der Waals surface area contributed by atoms with Crippen LogP contribution in [0.15, 0.2) is 59.5 Å². The van der Waals surface area contributed by atoms with Crippen LogP contribution < -0.4 is 0 Å². The van der Waals surface area contributed by atoms with Gasteiger partial charge in [-0.3, -0.25) is 0 Å². The van der Waals surface area contributed by atoms with Crippen molar-refractivity contribution in [1.29, 1.82) is 0 Å². The molecular formula is C18H19S. The summed E-state index contributed by atoms with van der Waals surface area (Å²) in [5, 5.41) is 0. The van der Waals surface area contributed by atoms with Crippen LogP contribution in [0.3, 0.4) is 0 Å². The molecule has 2 aromatic rings. The minimum absolute atomic E-state index is 0.781. The van der Waals surface area contributed by atoms with Gasteiger partial charge < -0.3 is 0 Å². The molecular weight excluding hydrogens is 248 g/mol. The van der Waals surface area contributed by atoms with Gasteiger partial charge in [0.15, 0.2) is 0 Å². The van der Waals surface area contributed by atoms with Gasteiger partial charge in [0.2, 0.25) is 0 Å². The van der Waals surface area contributed by atoms with Gasteiger partial charge in [-0.05, 0) is 42.0 Å². The van der Waals surface area contributed by atoms with Crippen molar-refractivity contribution in [3.8, 4) is 0 Å². The highest BCUT2D eigenvalue weighted by Crippen LogP contribution is 2.37. The molecule has 3 rings (SSSR count).